The van der Waals surface area contributed by atoms with E-state index in [4.69, 9.17) is 4.74 Å². The van der Waals surface area contributed by atoms with Crippen molar-refractivity contribution in [2.75, 3.05) is 12.0 Å². The first-order valence-electron chi connectivity index (χ1n) is 7.08. The van der Waals surface area contributed by atoms with Crippen molar-refractivity contribution in [2.45, 2.75) is 6.92 Å². The second-order valence-electron chi connectivity index (χ2n) is 5.10. The van der Waals surface area contributed by atoms with Crippen molar-refractivity contribution in [1.82, 2.24) is 0 Å². The quantitative estimate of drug-likeness (QED) is 0.792. The van der Waals surface area contributed by atoms with Gasteiger partial charge in [0.2, 0.25) is 0 Å². The van der Waals surface area contributed by atoms with Crippen molar-refractivity contribution in [3.63, 3.8) is 0 Å². The van der Waals surface area contributed by atoms with Gasteiger partial charge < -0.3 is 4.74 Å². The Morgan fingerprint density at radius 1 is 1.09 bits per heavy atom. The van der Waals surface area contributed by atoms with Crippen LogP contribution in [0.3, 0.4) is 0 Å². The number of nitrogens with zero attached hydrogens (tertiary/aromatic N) is 1. The Bertz CT molecular complexity index is 813. The predicted octanol–water partition coefficient (Wildman–Crippen LogP) is 4.24. The summed E-state index contributed by atoms with van der Waals surface area (Å²) in [4.78, 5) is 26.5. The number of amides is 2. The number of imide groups is 1. The third-order valence-corrected chi connectivity index (χ3v) is 4.35. The highest BCUT2D eigenvalue weighted by Crippen LogP contribution is 2.36. The molecule has 3 rings (SSSR count). The molecule has 0 saturated carbocycles. The fourth-order valence-electron chi connectivity index (χ4n) is 2.38. The summed E-state index contributed by atoms with van der Waals surface area (Å²) in [6, 6.07) is 14.7. The lowest BCUT2D eigenvalue weighted by Crippen LogP contribution is -2.27. The van der Waals surface area contributed by atoms with Crippen LogP contribution in [0.5, 0.6) is 5.75 Å². The molecule has 0 N–H and O–H groups in total. The van der Waals surface area contributed by atoms with Crippen LogP contribution in [0.4, 0.5) is 10.5 Å². The number of para-hydroxylation sites is 1. The minimum Gasteiger partial charge on any atom is -0.496 e. The van der Waals surface area contributed by atoms with Crippen molar-refractivity contribution in [1.29, 1.82) is 0 Å². The molecule has 2 aromatic rings. The number of methoxy groups -OCH3 is 1. The highest BCUT2D eigenvalue weighted by Gasteiger charge is 2.36. The van der Waals surface area contributed by atoms with E-state index in [1.807, 2.05) is 49.4 Å². The van der Waals surface area contributed by atoms with Crippen molar-refractivity contribution in [3.8, 4) is 5.75 Å². The van der Waals surface area contributed by atoms with Gasteiger partial charge in [-0.15, -0.1) is 0 Å². The maximum Gasteiger partial charge on any atom is 0.298 e. The Balaban J connectivity index is 1.97. The highest BCUT2D eigenvalue weighted by molar-refractivity contribution is 8.19. The smallest absolute Gasteiger partial charge is 0.298 e. The van der Waals surface area contributed by atoms with Gasteiger partial charge >= 0.3 is 0 Å². The molecule has 0 aromatic heterocycles. The first kappa shape index (κ1) is 15.4. The van der Waals surface area contributed by atoms with Gasteiger partial charge in [-0.25, -0.2) is 4.90 Å². The van der Waals surface area contributed by atoms with Crippen LogP contribution in [0.1, 0.15) is 11.1 Å². The molecule has 4 nitrogen and oxygen atoms in total. The second-order valence-corrected chi connectivity index (χ2v) is 6.09. The van der Waals surface area contributed by atoms with Gasteiger partial charge in [0.25, 0.3) is 11.1 Å². The van der Waals surface area contributed by atoms with Crippen LogP contribution >= 0.6 is 11.8 Å². The summed E-state index contributed by atoms with van der Waals surface area (Å²) in [5, 5.41) is -0.290. The fourth-order valence-corrected chi connectivity index (χ4v) is 3.22. The lowest BCUT2D eigenvalue weighted by molar-refractivity contribution is -0.113. The number of carbonyl (C=O) groups is 2. The van der Waals surface area contributed by atoms with Gasteiger partial charge in [-0.3, -0.25) is 9.59 Å². The number of hydrogen-bond donors (Lipinski definition) is 0. The summed E-state index contributed by atoms with van der Waals surface area (Å²) in [6.45, 7) is 1.92. The van der Waals surface area contributed by atoms with E-state index < -0.39 is 0 Å². The number of ether oxygens (including phenoxy) is 1. The molecule has 1 heterocycles. The minimum atomic E-state index is -0.309. The normalized spacial score (nSPS) is 16.3. The van der Waals surface area contributed by atoms with E-state index in [2.05, 4.69) is 0 Å². The van der Waals surface area contributed by atoms with Gasteiger partial charge in [0.05, 0.1) is 17.7 Å². The molecular formula is C18H15NO3S. The summed E-state index contributed by atoms with van der Waals surface area (Å²) in [5.41, 5.74) is 2.36. The third kappa shape index (κ3) is 3.00. The zero-order valence-electron chi connectivity index (χ0n) is 12.8. The van der Waals surface area contributed by atoms with E-state index in [-0.39, 0.29) is 11.1 Å². The Labute approximate surface area is 138 Å². The number of benzene rings is 2. The Kier molecular flexibility index (Phi) is 4.21. The number of anilines is 1. The van der Waals surface area contributed by atoms with Gasteiger partial charge in [-0.2, -0.15) is 0 Å². The minimum absolute atomic E-state index is 0.290. The highest BCUT2D eigenvalue weighted by atomic mass is 32.2. The van der Waals surface area contributed by atoms with E-state index in [1.54, 1.807) is 19.3 Å². The van der Waals surface area contributed by atoms with Crippen LogP contribution in [-0.4, -0.2) is 18.3 Å². The first-order chi connectivity index (χ1) is 11.1. The lowest BCUT2D eigenvalue weighted by Gasteiger charge is -2.12. The summed E-state index contributed by atoms with van der Waals surface area (Å²) in [5.74, 6) is 0.353. The summed E-state index contributed by atoms with van der Waals surface area (Å²) < 4.78 is 5.28. The van der Waals surface area contributed by atoms with Crippen molar-refractivity contribution in [2.24, 2.45) is 0 Å². The summed E-state index contributed by atoms with van der Waals surface area (Å²) in [6.07, 6.45) is 1.69. The molecule has 1 aliphatic heterocycles. The molecule has 116 valence electrons. The maximum atomic E-state index is 12.6. The average Bonchev–Trinajstić information content (AvgIpc) is 2.82. The SMILES string of the molecule is COc1ccccc1/C=C1\SC(=O)N(c2cccc(C)c2)C1=O. The number of rotatable bonds is 3. The van der Waals surface area contributed by atoms with Crippen molar-refractivity contribution < 1.29 is 14.3 Å². The van der Waals surface area contributed by atoms with E-state index in [1.165, 1.54) is 4.90 Å². The number of hydrogen-bond acceptors (Lipinski definition) is 4. The molecule has 0 bridgehead atoms. The monoisotopic (exact) mass is 325 g/mol. The fraction of sp³-hybridized carbons (Fsp3) is 0.111. The molecule has 2 amide bonds. The molecule has 0 radical (unpaired) electrons. The van der Waals surface area contributed by atoms with Crippen LogP contribution < -0.4 is 9.64 Å². The molecule has 1 saturated heterocycles. The summed E-state index contributed by atoms with van der Waals surface area (Å²) >= 11 is 0.939. The van der Waals surface area contributed by atoms with Crippen LogP contribution in [-0.2, 0) is 4.79 Å². The van der Waals surface area contributed by atoms with Gasteiger partial charge in [-0.05, 0) is 48.5 Å². The molecule has 1 fully saturated rings. The maximum absolute atomic E-state index is 12.6. The zero-order chi connectivity index (χ0) is 16.4. The Morgan fingerprint density at radius 3 is 2.61 bits per heavy atom. The zero-order valence-corrected chi connectivity index (χ0v) is 13.6. The second kappa shape index (κ2) is 6.30. The molecule has 2 aromatic carbocycles. The molecule has 0 unspecified atom stereocenters. The van der Waals surface area contributed by atoms with Crippen LogP contribution in [0.15, 0.2) is 53.4 Å². The average molecular weight is 325 g/mol. The van der Waals surface area contributed by atoms with Gasteiger partial charge in [-0.1, -0.05) is 30.3 Å². The molecule has 0 aliphatic carbocycles. The standard InChI is InChI=1S/C18H15NO3S/c1-12-6-5-8-14(10-12)19-17(20)16(23-18(19)21)11-13-7-3-4-9-15(13)22-2/h3-11H,1-2H3/b16-11-. The molecular weight excluding hydrogens is 310 g/mol. The van der Waals surface area contributed by atoms with Crippen LogP contribution in [0, 0.1) is 6.92 Å². The van der Waals surface area contributed by atoms with Gasteiger partial charge in [0.1, 0.15) is 5.75 Å². The number of carbonyl (C=O) groups excluding carboxylic acids is 2. The number of aryl methyl sites for hydroxylation is 1. The number of thioether (sulfide) groups is 1. The van der Waals surface area contributed by atoms with E-state index in [0.717, 1.165) is 22.9 Å². The first-order valence-corrected chi connectivity index (χ1v) is 7.89. The molecule has 0 atom stereocenters. The van der Waals surface area contributed by atoms with Gasteiger partial charge in [0, 0.05) is 5.56 Å². The van der Waals surface area contributed by atoms with E-state index >= 15 is 0 Å². The topological polar surface area (TPSA) is 46.6 Å². The molecule has 0 spiro atoms. The predicted molar refractivity (Wildman–Crippen MR) is 92.6 cm³/mol. The molecule has 5 heteroatoms. The largest absolute Gasteiger partial charge is 0.496 e. The summed E-state index contributed by atoms with van der Waals surface area (Å²) in [7, 11) is 1.57. The van der Waals surface area contributed by atoms with Crippen molar-refractivity contribution in [3.05, 3.63) is 64.6 Å². The van der Waals surface area contributed by atoms with Crippen molar-refractivity contribution >= 4 is 34.7 Å². The van der Waals surface area contributed by atoms with Crippen LogP contribution in [0.25, 0.3) is 6.08 Å². The van der Waals surface area contributed by atoms with Crippen LogP contribution in [0.2, 0.25) is 0 Å². The molecule has 1 aliphatic rings. The van der Waals surface area contributed by atoms with E-state index in [0.29, 0.717) is 16.3 Å². The van der Waals surface area contributed by atoms with Gasteiger partial charge in [0.15, 0.2) is 0 Å². The Hall–Kier alpha value is -2.53. The Morgan fingerprint density at radius 2 is 1.87 bits per heavy atom. The third-order valence-electron chi connectivity index (χ3n) is 3.48. The van der Waals surface area contributed by atoms with E-state index in [9.17, 15) is 9.59 Å². The molecule has 23 heavy (non-hydrogen) atoms. The lowest BCUT2D eigenvalue weighted by atomic mass is 10.1.